The lowest BCUT2D eigenvalue weighted by Gasteiger charge is -2.23. The Balaban J connectivity index is 2.64. The number of carbonyl (C=O) groups is 2. The number of nitrogens with one attached hydrogen (secondary N) is 3. The second-order valence-electron chi connectivity index (χ2n) is 4.86. The van der Waals surface area contributed by atoms with E-state index < -0.39 is 0 Å². The van der Waals surface area contributed by atoms with E-state index in [-0.39, 0.29) is 24.4 Å². The number of quaternary nitrogens is 1. The summed E-state index contributed by atoms with van der Waals surface area (Å²) < 4.78 is 0. The number of anilines is 1. The molecule has 0 radical (unpaired) electrons. The van der Waals surface area contributed by atoms with E-state index >= 15 is 0 Å². The highest BCUT2D eigenvalue weighted by Crippen LogP contribution is 2.14. The molecule has 3 N–H and O–H groups in total. The van der Waals surface area contributed by atoms with E-state index in [9.17, 15) is 9.59 Å². The van der Waals surface area contributed by atoms with Crippen molar-refractivity contribution in [2.24, 2.45) is 0 Å². The number of hydrogen-bond acceptors (Lipinski definition) is 2. The molecule has 1 aromatic rings. The number of halogens is 1. The minimum absolute atomic E-state index is 0.0447. The molecular formula is C15H23ClN3O2+. The Labute approximate surface area is 130 Å². The average molecular weight is 313 g/mol. The summed E-state index contributed by atoms with van der Waals surface area (Å²) in [7, 11) is 0. The molecule has 1 unspecified atom stereocenters. The molecule has 116 valence electrons. The standard InChI is InChI=1S/C15H22ClN3O2/c1-4-17-14(20)10-19(5-2)11(3)15(21)18-13-8-6-7-12(16)9-13/h6-9,11H,4-5,10H2,1-3H3,(H,17,20)(H,18,21)/p+1/t11-/m0/s1. The third-order valence-electron chi connectivity index (χ3n) is 3.31. The van der Waals surface area contributed by atoms with Crippen molar-refractivity contribution < 1.29 is 14.5 Å². The maximum Gasteiger partial charge on any atom is 0.282 e. The zero-order valence-electron chi connectivity index (χ0n) is 12.7. The van der Waals surface area contributed by atoms with Gasteiger partial charge in [0, 0.05) is 17.3 Å². The molecule has 0 heterocycles. The van der Waals surface area contributed by atoms with Crippen molar-refractivity contribution in [1.82, 2.24) is 5.32 Å². The van der Waals surface area contributed by atoms with Crippen LogP contribution in [0.4, 0.5) is 5.69 Å². The first-order valence-electron chi connectivity index (χ1n) is 7.15. The van der Waals surface area contributed by atoms with E-state index in [4.69, 9.17) is 11.6 Å². The van der Waals surface area contributed by atoms with Gasteiger partial charge in [-0.05, 0) is 39.0 Å². The highest BCUT2D eigenvalue weighted by molar-refractivity contribution is 6.30. The zero-order chi connectivity index (χ0) is 15.8. The van der Waals surface area contributed by atoms with Crippen molar-refractivity contribution in [3.8, 4) is 0 Å². The topological polar surface area (TPSA) is 62.6 Å². The van der Waals surface area contributed by atoms with Crippen LogP contribution in [0.5, 0.6) is 0 Å². The SMILES string of the molecule is CCNC(=O)C[NH+](CC)[C@@H](C)C(=O)Nc1cccc(Cl)c1. The van der Waals surface area contributed by atoms with E-state index in [0.29, 0.717) is 23.8 Å². The van der Waals surface area contributed by atoms with Crippen molar-refractivity contribution in [3.63, 3.8) is 0 Å². The smallest absolute Gasteiger partial charge is 0.282 e. The molecule has 0 aliphatic heterocycles. The minimum atomic E-state index is -0.323. The van der Waals surface area contributed by atoms with Crippen molar-refractivity contribution in [3.05, 3.63) is 29.3 Å². The maximum absolute atomic E-state index is 12.3. The minimum Gasteiger partial charge on any atom is -0.351 e. The molecule has 0 bridgehead atoms. The molecule has 0 aromatic heterocycles. The fourth-order valence-electron chi connectivity index (χ4n) is 2.05. The Hall–Kier alpha value is -1.59. The summed E-state index contributed by atoms with van der Waals surface area (Å²) in [5, 5.41) is 6.15. The van der Waals surface area contributed by atoms with Crippen LogP contribution in [-0.2, 0) is 9.59 Å². The van der Waals surface area contributed by atoms with Gasteiger partial charge in [0.15, 0.2) is 12.6 Å². The number of hydrogen-bond donors (Lipinski definition) is 3. The van der Waals surface area contributed by atoms with Crippen LogP contribution in [0.2, 0.25) is 5.02 Å². The van der Waals surface area contributed by atoms with E-state index in [2.05, 4.69) is 10.6 Å². The maximum atomic E-state index is 12.3. The van der Waals surface area contributed by atoms with Crippen LogP contribution < -0.4 is 15.5 Å². The van der Waals surface area contributed by atoms with Crippen LogP contribution in [0.15, 0.2) is 24.3 Å². The third kappa shape index (κ3) is 5.73. The van der Waals surface area contributed by atoms with Gasteiger partial charge in [-0.1, -0.05) is 17.7 Å². The number of rotatable bonds is 7. The Morgan fingerprint density at radius 3 is 2.62 bits per heavy atom. The van der Waals surface area contributed by atoms with E-state index in [0.717, 1.165) is 4.90 Å². The molecule has 1 rings (SSSR count). The van der Waals surface area contributed by atoms with Crippen LogP contribution in [0.3, 0.4) is 0 Å². The molecule has 0 aliphatic rings. The summed E-state index contributed by atoms with van der Waals surface area (Å²) in [5.41, 5.74) is 0.660. The normalized spacial score (nSPS) is 13.3. The molecule has 6 heteroatoms. The molecule has 5 nitrogen and oxygen atoms in total. The number of likely N-dealkylation sites (N-methyl/N-ethyl adjacent to an activating group) is 2. The van der Waals surface area contributed by atoms with Gasteiger partial charge in [0.1, 0.15) is 0 Å². The highest BCUT2D eigenvalue weighted by Gasteiger charge is 2.25. The average Bonchev–Trinajstić information content (AvgIpc) is 2.44. The van der Waals surface area contributed by atoms with Gasteiger partial charge in [-0.3, -0.25) is 9.59 Å². The molecule has 21 heavy (non-hydrogen) atoms. The van der Waals surface area contributed by atoms with Gasteiger partial charge in [-0.2, -0.15) is 0 Å². The lowest BCUT2D eigenvalue weighted by Crippen LogP contribution is -3.17. The Kier molecular flexibility index (Phi) is 7.19. The predicted molar refractivity (Wildman–Crippen MR) is 84.6 cm³/mol. The van der Waals surface area contributed by atoms with Gasteiger partial charge in [-0.25, -0.2) is 0 Å². The fraction of sp³-hybridized carbons (Fsp3) is 0.467. The molecule has 2 amide bonds. The first-order valence-corrected chi connectivity index (χ1v) is 7.53. The number of amides is 2. The Bertz CT molecular complexity index is 494. The zero-order valence-corrected chi connectivity index (χ0v) is 13.5. The highest BCUT2D eigenvalue weighted by atomic mass is 35.5. The molecule has 1 aromatic carbocycles. The molecule has 2 atom stereocenters. The van der Waals surface area contributed by atoms with Gasteiger partial charge in [-0.15, -0.1) is 0 Å². The molecule has 0 aliphatic carbocycles. The van der Waals surface area contributed by atoms with Crippen LogP contribution in [0.25, 0.3) is 0 Å². The predicted octanol–water partition coefficient (Wildman–Crippen LogP) is 0.708. The Morgan fingerprint density at radius 2 is 2.05 bits per heavy atom. The Morgan fingerprint density at radius 1 is 1.33 bits per heavy atom. The summed E-state index contributed by atoms with van der Waals surface area (Å²) in [6.07, 6.45) is 0. The third-order valence-corrected chi connectivity index (χ3v) is 3.55. The summed E-state index contributed by atoms with van der Waals surface area (Å²) >= 11 is 5.89. The van der Waals surface area contributed by atoms with Crippen LogP contribution >= 0.6 is 11.6 Å². The first-order chi connectivity index (χ1) is 9.97. The van der Waals surface area contributed by atoms with Crippen molar-refractivity contribution in [2.75, 3.05) is 25.0 Å². The van der Waals surface area contributed by atoms with Gasteiger partial charge >= 0.3 is 0 Å². The van der Waals surface area contributed by atoms with Crippen molar-refractivity contribution >= 4 is 29.1 Å². The van der Waals surface area contributed by atoms with Crippen LogP contribution in [-0.4, -0.2) is 37.5 Å². The second kappa shape index (κ2) is 8.64. The van der Waals surface area contributed by atoms with Crippen molar-refractivity contribution in [2.45, 2.75) is 26.8 Å². The molecule has 0 saturated heterocycles. The van der Waals surface area contributed by atoms with E-state index in [1.54, 1.807) is 24.3 Å². The monoisotopic (exact) mass is 312 g/mol. The second-order valence-corrected chi connectivity index (χ2v) is 5.30. The first kappa shape index (κ1) is 17.5. The number of benzene rings is 1. The fourth-order valence-corrected chi connectivity index (χ4v) is 2.24. The van der Waals surface area contributed by atoms with E-state index in [1.807, 2.05) is 20.8 Å². The molecular weight excluding hydrogens is 290 g/mol. The molecule has 0 spiro atoms. The van der Waals surface area contributed by atoms with Gasteiger partial charge in [0.05, 0.1) is 6.54 Å². The molecule has 0 saturated carbocycles. The molecule has 0 fully saturated rings. The van der Waals surface area contributed by atoms with Crippen LogP contribution in [0, 0.1) is 0 Å². The van der Waals surface area contributed by atoms with Crippen LogP contribution in [0.1, 0.15) is 20.8 Å². The summed E-state index contributed by atoms with van der Waals surface area (Å²) in [6.45, 7) is 7.23. The lowest BCUT2D eigenvalue weighted by atomic mass is 10.2. The quantitative estimate of drug-likeness (QED) is 0.694. The van der Waals surface area contributed by atoms with Gasteiger partial charge in [0.25, 0.3) is 11.8 Å². The summed E-state index contributed by atoms with van der Waals surface area (Å²) in [6, 6.07) is 6.69. The van der Waals surface area contributed by atoms with Crippen molar-refractivity contribution in [1.29, 1.82) is 0 Å². The summed E-state index contributed by atoms with van der Waals surface area (Å²) in [5.74, 6) is -0.171. The summed E-state index contributed by atoms with van der Waals surface area (Å²) in [4.78, 5) is 24.8. The van der Waals surface area contributed by atoms with Gasteiger partial charge in [0.2, 0.25) is 0 Å². The lowest BCUT2D eigenvalue weighted by molar-refractivity contribution is -0.904. The number of carbonyl (C=O) groups excluding carboxylic acids is 2. The van der Waals surface area contributed by atoms with E-state index in [1.165, 1.54) is 0 Å². The largest absolute Gasteiger partial charge is 0.351 e. The van der Waals surface area contributed by atoms with Gasteiger partial charge < -0.3 is 15.5 Å².